The van der Waals surface area contributed by atoms with E-state index in [1.54, 1.807) is 13.2 Å². The van der Waals surface area contributed by atoms with Crippen LogP contribution in [-0.4, -0.2) is 30.4 Å². The highest BCUT2D eigenvalue weighted by Crippen LogP contribution is 2.12. The van der Waals surface area contributed by atoms with E-state index in [4.69, 9.17) is 0 Å². The zero-order chi connectivity index (χ0) is 19.5. The van der Waals surface area contributed by atoms with Crippen LogP contribution in [0.15, 0.2) is 53.7 Å². The van der Waals surface area contributed by atoms with Crippen molar-refractivity contribution in [2.45, 2.75) is 33.2 Å². The lowest BCUT2D eigenvalue weighted by Crippen LogP contribution is -2.37. The maximum atomic E-state index is 11.9. The van der Waals surface area contributed by atoms with Crippen LogP contribution in [0, 0.1) is 5.92 Å². The molecule has 0 saturated heterocycles. The third-order valence-electron chi connectivity index (χ3n) is 3.89. The van der Waals surface area contributed by atoms with Crippen molar-refractivity contribution in [2.75, 3.05) is 18.9 Å². The van der Waals surface area contributed by atoms with Crippen molar-refractivity contribution in [1.29, 1.82) is 0 Å². The molecule has 0 aliphatic heterocycles. The molecule has 27 heavy (non-hydrogen) atoms. The summed E-state index contributed by atoms with van der Waals surface area (Å²) in [5.41, 5.74) is 2.94. The molecule has 1 amide bonds. The molecule has 144 valence electrons. The SMILES string of the molecule is CN=C(NCCc1ccccn1)NCc1cccc(NC(=O)CC(C)C)c1. The topological polar surface area (TPSA) is 78.4 Å². The lowest BCUT2D eigenvalue weighted by molar-refractivity contribution is -0.116. The molecule has 0 saturated carbocycles. The van der Waals surface area contributed by atoms with Crippen LogP contribution in [0.2, 0.25) is 0 Å². The van der Waals surface area contributed by atoms with Gasteiger partial charge < -0.3 is 16.0 Å². The van der Waals surface area contributed by atoms with E-state index in [0.717, 1.165) is 35.9 Å². The van der Waals surface area contributed by atoms with Crippen LogP contribution in [0.5, 0.6) is 0 Å². The standard InChI is InChI=1S/C21H29N5O/c1-16(2)13-20(27)26-19-9-6-7-17(14-19)15-25-21(22-3)24-12-10-18-8-4-5-11-23-18/h4-9,11,14,16H,10,12-13,15H2,1-3H3,(H,26,27)(H2,22,24,25). The third-order valence-corrected chi connectivity index (χ3v) is 3.89. The van der Waals surface area contributed by atoms with Gasteiger partial charge in [0.1, 0.15) is 0 Å². The minimum absolute atomic E-state index is 0.0436. The Hall–Kier alpha value is -2.89. The van der Waals surface area contributed by atoms with Gasteiger partial charge in [-0.3, -0.25) is 14.8 Å². The van der Waals surface area contributed by atoms with E-state index in [1.807, 2.05) is 56.3 Å². The predicted molar refractivity (Wildman–Crippen MR) is 111 cm³/mol. The highest BCUT2D eigenvalue weighted by Gasteiger charge is 2.06. The number of pyridine rings is 1. The third kappa shape index (κ3) is 7.90. The fourth-order valence-electron chi connectivity index (χ4n) is 2.60. The fourth-order valence-corrected chi connectivity index (χ4v) is 2.60. The quantitative estimate of drug-likeness (QED) is 0.495. The van der Waals surface area contributed by atoms with E-state index < -0.39 is 0 Å². The fraction of sp³-hybridized carbons (Fsp3) is 0.381. The number of hydrogen-bond acceptors (Lipinski definition) is 3. The van der Waals surface area contributed by atoms with E-state index in [-0.39, 0.29) is 5.91 Å². The predicted octanol–water partition coefficient (Wildman–Crippen LogP) is 2.97. The number of carbonyl (C=O) groups is 1. The monoisotopic (exact) mass is 367 g/mol. The summed E-state index contributed by atoms with van der Waals surface area (Å²) in [7, 11) is 1.75. The molecule has 3 N–H and O–H groups in total. The molecule has 6 nitrogen and oxygen atoms in total. The molecule has 1 aromatic heterocycles. The number of anilines is 1. The van der Waals surface area contributed by atoms with Crippen LogP contribution in [0.3, 0.4) is 0 Å². The normalized spacial score (nSPS) is 11.3. The number of nitrogens with zero attached hydrogens (tertiary/aromatic N) is 2. The Morgan fingerprint density at radius 1 is 1.15 bits per heavy atom. The Bertz CT molecular complexity index is 743. The smallest absolute Gasteiger partial charge is 0.224 e. The van der Waals surface area contributed by atoms with E-state index in [9.17, 15) is 4.79 Å². The molecule has 0 aliphatic carbocycles. The van der Waals surface area contributed by atoms with Crippen LogP contribution >= 0.6 is 0 Å². The Morgan fingerprint density at radius 3 is 2.70 bits per heavy atom. The summed E-state index contributed by atoms with van der Waals surface area (Å²) < 4.78 is 0. The van der Waals surface area contributed by atoms with Crippen LogP contribution in [0.1, 0.15) is 31.5 Å². The van der Waals surface area contributed by atoms with Gasteiger partial charge in [0.05, 0.1) is 0 Å². The highest BCUT2D eigenvalue weighted by atomic mass is 16.1. The number of guanidine groups is 1. The molecule has 0 spiro atoms. The molecular formula is C21H29N5O. The molecule has 0 atom stereocenters. The lowest BCUT2D eigenvalue weighted by atomic mass is 10.1. The van der Waals surface area contributed by atoms with Gasteiger partial charge in [-0.25, -0.2) is 0 Å². The first-order chi connectivity index (χ1) is 13.1. The van der Waals surface area contributed by atoms with Gasteiger partial charge in [-0.05, 0) is 35.7 Å². The van der Waals surface area contributed by atoms with Gasteiger partial charge in [0.2, 0.25) is 5.91 Å². The van der Waals surface area contributed by atoms with Gasteiger partial charge in [0.25, 0.3) is 0 Å². The van der Waals surface area contributed by atoms with Crippen molar-refractivity contribution in [3.8, 4) is 0 Å². The van der Waals surface area contributed by atoms with Crippen molar-refractivity contribution < 1.29 is 4.79 Å². The average Bonchev–Trinajstić information content (AvgIpc) is 2.65. The zero-order valence-electron chi connectivity index (χ0n) is 16.3. The summed E-state index contributed by atoms with van der Waals surface area (Å²) in [5.74, 6) is 1.12. The molecule has 0 unspecified atom stereocenters. The van der Waals surface area contributed by atoms with Gasteiger partial charge in [-0.2, -0.15) is 0 Å². The van der Waals surface area contributed by atoms with E-state index >= 15 is 0 Å². The first-order valence-electron chi connectivity index (χ1n) is 9.30. The van der Waals surface area contributed by atoms with Crippen molar-refractivity contribution >= 4 is 17.6 Å². The number of carbonyl (C=O) groups excluding carboxylic acids is 1. The Morgan fingerprint density at radius 2 is 2.00 bits per heavy atom. The van der Waals surface area contributed by atoms with Gasteiger partial charge in [0.15, 0.2) is 5.96 Å². The second-order valence-corrected chi connectivity index (χ2v) is 6.77. The van der Waals surface area contributed by atoms with Crippen molar-refractivity contribution in [2.24, 2.45) is 10.9 Å². The molecule has 1 aromatic carbocycles. The molecule has 0 radical (unpaired) electrons. The summed E-state index contributed by atoms with van der Waals surface area (Å²) >= 11 is 0. The van der Waals surface area contributed by atoms with Gasteiger partial charge in [-0.1, -0.05) is 32.0 Å². The number of hydrogen-bond donors (Lipinski definition) is 3. The molecule has 0 fully saturated rings. The maximum Gasteiger partial charge on any atom is 0.224 e. The minimum atomic E-state index is 0.0436. The Labute approximate surface area is 161 Å². The molecule has 2 rings (SSSR count). The van der Waals surface area contributed by atoms with E-state index in [0.29, 0.717) is 18.9 Å². The lowest BCUT2D eigenvalue weighted by Gasteiger charge is -2.13. The highest BCUT2D eigenvalue weighted by molar-refractivity contribution is 5.90. The maximum absolute atomic E-state index is 11.9. The molecule has 2 aromatic rings. The number of benzene rings is 1. The van der Waals surface area contributed by atoms with Gasteiger partial charge in [-0.15, -0.1) is 0 Å². The first kappa shape index (κ1) is 20.4. The van der Waals surface area contributed by atoms with E-state index in [1.165, 1.54) is 0 Å². The van der Waals surface area contributed by atoms with Crippen LogP contribution in [0.25, 0.3) is 0 Å². The minimum Gasteiger partial charge on any atom is -0.356 e. The molecule has 0 bridgehead atoms. The summed E-state index contributed by atoms with van der Waals surface area (Å²) in [4.78, 5) is 20.5. The number of aromatic nitrogens is 1. The zero-order valence-corrected chi connectivity index (χ0v) is 16.3. The number of rotatable bonds is 8. The number of aliphatic imine (C=N–C) groups is 1. The summed E-state index contributed by atoms with van der Waals surface area (Å²) in [6, 6.07) is 13.8. The second kappa shape index (κ2) is 11.0. The van der Waals surface area contributed by atoms with Crippen LogP contribution in [0.4, 0.5) is 5.69 Å². The van der Waals surface area contributed by atoms with Crippen molar-refractivity contribution in [3.05, 3.63) is 59.9 Å². The molecular weight excluding hydrogens is 338 g/mol. The van der Waals surface area contributed by atoms with Crippen molar-refractivity contribution in [1.82, 2.24) is 15.6 Å². The van der Waals surface area contributed by atoms with E-state index in [2.05, 4.69) is 25.9 Å². The van der Waals surface area contributed by atoms with Crippen molar-refractivity contribution in [3.63, 3.8) is 0 Å². The summed E-state index contributed by atoms with van der Waals surface area (Å²) in [5, 5.41) is 9.52. The number of nitrogens with one attached hydrogen (secondary N) is 3. The molecule has 1 heterocycles. The Kier molecular flexibility index (Phi) is 8.29. The summed E-state index contributed by atoms with van der Waals surface area (Å²) in [6.07, 6.45) is 3.16. The number of amides is 1. The Balaban J connectivity index is 1.80. The van der Waals surface area contributed by atoms with Crippen LogP contribution in [-0.2, 0) is 17.8 Å². The summed E-state index contributed by atoms with van der Waals surface area (Å²) in [6.45, 7) is 5.44. The molecule has 6 heteroatoms. The largest absolute Gasteiger partial charge is 0.356 e. The first-order valence-corrected chi connectivity index (χ1v) is 9.30. The second-order valence-electron chi connectivity index (χ2n) is 6.77. The van der Waals surface area contributed by atoms with Gasteiger partial charge in [0, 0.05) is 50.6 Å². The van der Waals surface area contributed by atoms with Crippen LogP contribution < -0.4 is 16.0 Å². The average molecular weight is 367 g/mol. The molecule has 0 aliphatic rings. The van der Waals surface area contributed by atoms with Gasteiger partial charge >= 0.3 is 0 Å².